The third-order valence-corrected chi connectivity index (χ3v) is 5.93. The van der Waals surface area contributed by atoms with E-state index in [4.69, 9.17) is 5.41 Å². The van der Waals surface area contributed by atoms with E-state index in [9.17, 15) is 4.79 Å². The number of benzene rings is 1. The van der Waals surface area contributed by atoms with Crippen LogP contribution in [0.3, 0.4) is 0 Å². The molecule has 0 atom stereocenters. The number of carbonyl (C=O) groups excluding carboxylic acids is 1. The molecule has 2 aromatic heterocycles. The Balaban J connectivity index is 1.66. The molecule has 4 rings (SSSR count). The first kappa shape index (κ1) is 20.1. The van der Waals surface area contributed by atoms with Crippen LogP contribution in [0.25, 0.3) is 5.65 Å². The number of nitrogens with zero attached hydrogens (tertiary/aromatic N) is 3. The normalized spacial score (nSPS) is 14.5. The third kappa shape index (κ3) is 3.82. The quantitative estimate of drug-likeness (QED) is 0.621. The van der Waals surface area contributed by atoms with Gasteiger partial charge in [-0.05, 0) is 49.1 Å². The van der Waals surface area contributed by atoms with Crippen molar-refractivity contribution < 1.29 is 4.79 Å². The van der Waals surface area contributed by atoms with Gasteiger partial charge >= 0.3 is 0 Å². The summed E-state index contributed by atoms with van der Waals surface area (Å²) in [5, 5.41) is 12.0. The fourth-order valence-electron chi connectivity index (χ4n) is 4.12. The first-order chi connectivity index (χ1) is 14.6. The predicted molar refractivity (Wildman–Crippen MR) is 121 cm³/mol. The van der Waals surface area contributed by atoms with Crippen molar-refractivity contribution in [3.63, 3.8) is 0 Å². The predicted octanol–water partition coefficient (Wildman–Crippen LogP) is 4.37. The third-order valence-electron chi connectivity index (χ3n) is 5.93. The van der Waals surface area contributed by atoms with Gasteiger partial charge in [0.15, 0.2) is 0 Å². The molecule has 0 aliphatic carbocycles. The summed E-state index contributed by atoms with van der Waals surface area (Å²) in [6.45, 7) is 3.77. The summed E-state index contributed by atoms with van der Waals surface area (Å²) in [4.78, 5) is 19.4. The van der Waals surface area contributed by atoms with E-state index in [1.54, 1.807) is 6.20 Å². The van der Waals surface area contributed by atoms with Crippen molar-refractivity contribution in [1.29, 1.82) is 5.41 Å². The van der Waals surface area contributed by atoms with Crippen LogP contribution in [0.1, 0.15) is 59.8 Å². The zero-order valence-electron chi connectivity index (χ0n) is 17.7. The average Bonchev–Trinajstić information content (AvgIpc) is 3.01. The molecule has 1 fully saturated rings. The molecule has 0 unspecified atom stereocenters. The van der Waals surface area contributed by atoms with E-state index in [2.05, 4.69) is 23.3 Å². The van der Waals surface area contributed by atoms with E-state index in [0.717, 1.165) is 54.9 Å². The molecule has 6 heteroatoms. The van der Waals surface area contributed by atoms with Gasteiger partial charge in [0.05, 0.1) is 17.6 Å². The Hall–Kier alpha value is -3.15. The van der Waals surface area contributed by atoms with Crippen molar-refractivity contribution in [3.8, 4) is 0 Å². The van der Waals surface area contributed by atoms with Crippen molar-refractivity contribution in [2.75, 3.05) is 25.5 Å². The number of anilines is 1. The van der Waals surface area contributed by atoms with Crippen molar-refractivity contribution in [2.45, 2.75) is 39.0 Å². The van der Waals surface area contributed by atoms with Crippen LogP contribution < -0.4 is 5.32 Å². The number of hydrogen-bond acceptors (Lipinski definition) is 4. The molecule has 1 saturated heterocycles. The minimum Gasteiger partial charge on any atom is -0.388 e. The summed E-state index contributed by atoms with van der Waals surface area (Å²) in [5.74, 6) is 0.0777. The molecule has 0 bridgehead atoms. The fourth-order valence-corrected chi connectivity index (χ4v) is 4.12. The van der Waals surface area contributed by atoms with Crippen molar-refractivity contribution in [2.24, 2.45) is 0 Å². The first-order valence-electron chi connectivity index (χ1n) is 10.8. The molecule has 1 aliphatic heterocycles. The number of likely N-dealkylation sites (tertiary alicyclic amines) is 1. The van der Waals surface area contributed by atoms with Gasteiger partial charge in [-0.3, -0.25) is 14.6 Å². The molecule has 1 aliphatic rings. The van der Waals surface area contributed by atoms with Crippen molar-refractivity contribution >= 4 is 23.0 Å². The number of aromatic nitrogens is 2. The molecule has 1 amide bonds. The van der Waals surface area contributed by atoms with Gasteiger partial charge in [0, 0.05) is 43.1 Å². The summed E-state index contributed by atoms with van der Waals surface area (Å²) < 4.78 is 1.97. The number of pyridine rings is 1. The number of amides is 1. The van der Waals surface area contributed by atoms with Gasteiger partial charge in [0.25, 0.3) is 5.91 Å². The van der Waals surface area contributed by atoms with Gasteiger partial charge in [-0.2, -0.15) is 0 Å². The van der Waals surface area contributed by atoms with Crippen LogP contribution >= 0.6 is 0 Å². The van der Waals surface area contributed by atoms with Crippen molar-refractivity contribution in [3.05, 3.63) is 65.1 Å². The Kier molecular flexibility index (Phi) is 5.84. The van der Waals surface area contributed by atoms with Gasteiger partial charge in [0.1, 0.15) is 5.65 Å². The highest BCUT2D eigenvalue weighted by molar-refractivity contribution is 6.14. The number of hydrogen-bond donors (Lipinski definition) is 2. The maximum Gasteiger partial charge on any atom is 0.253 e. The number of carbonyl (C=O) groups is 1. The Bertz CT molecular complexity index is 1080. The zero-order chi connectivity index (χ0) is 21.1. The number of imidazole rings is 1. The summed E-state index contributed by atoms with van der Waals surface area (Å²) in [5.41, 5.74) is 5.35. The molecular formula is C24H29N5O. The second kappa shape index (κ2) is 8.69. The molecule has 6 nitrogen and oxygen atoms in total. The molecule has 1 aromatic carbocycles. The summed E-state index contributed by atoms with van der Waals surface area (Å²) in [6.07, 6.45) is 9.25. The van der Waals surface area contributed by atoms with E-state index >= 15 is 0 Å². The molecule has 3 aromatic rings. The monoisotopic (exact) mass is 403 g/mol. The molecule has 2 N–H and O–H groups in total. The number of aryl methyl sites for hydroxylation is 1. The van der Waals surface area contributed by atoms with E-state index in [1.165, 1.54) is 18.4 Å². The maximum atomic E-state index is 13.0. The van der Waals surface area contributed by atoms with Crippen LogP contribution in [0.2, 0.25) is 0 Å². The molecule has 0 saturated carbocycles. The van der Waals surface area contributed by atoms with Crippen LogP contribution in [-0.4, -0.2) is 46.0 Å². The Morgan fingerprint density at radius 3 is 2.60 bits per heavy atom. The van der Waals surface area contributed by atoms with Crippen molar-refractivity contribution in [1.82, 2.24) is 14.3 Å². The first-order valence-corrected chi connectivity index (χ1v) is 10.8. The van der Waals surface area contributed by atoms with Gasteiger partial charge in [-0.1, -0.05) is 25.8 Å². The standard InChI is InChI=1S/C24H29N5O/c1-3-17-8-11-22-27-15-21(29(22)16-17)23(25)19-10-9-18(14-20(19)26-2)24(30)28-12-6-4-5-7-13-28/h8-11,14-16,25-26H,3-7,12-13H2,1-2H3. The number of nitrogens with one attached hydrogen (secondary N) is 2. The molecule has 156 valence electrons. The smallest absolute Gasteiger partial charge is 0.253 e. The molecule has 3 heterocycles. The second-order valence-electron chi connectivity index (χ2n) is 7.85. The van der Waals surface area contributed by atoms with Crippen LogP contribution in [0.15, 0.2) is 42.7 Å². The second-order valence-corrected chi connectivity index (χ2v) is 7.85. The van der Waals surface area contributed by atoms with E-state index in [0.29, 0.717) is 11.3 Å². The number of fused-ring (bicyclic) bond motifs is 1. The van der Waals surface area contributed by atoms with Gasteiger partial charge < -0.3 is 10.2 Å². The van der Waals surface area contributed by atoms with E-state index < -0.39 is 0 Å². The molecular weight excluding hydrogens is 374 g/mol. The molecule has 30 heavy (non-hydrogen) atoms. The van der Waals surface area contributed by atoms with Gasteiger partial charge in [0.2, 0.25) is 0 Å². The highest BCUT2D eigenvalue weighted by atomic mass is 16.2. The Morgan fingerprint density at radius 1 is 1.13 bits per heavy atom. The van der Waals surface area contributed by atoms with E-state index in [-0.39, 0.29) is 5.91 Å². The van der Waals surface area contributed by atoms with Crippen LogP contribution in [0.5, 0.6) is 0 Å². The van der Waals surface area contributed by atoms with Crippen LogP contribution in [-0.2, 0) is 6.42 Å². The SMILES string of the molecule is CCc1ccc2ncc(C(=N)c3ccc(C(=O)N4CCCCCC4)cc3NC)n2c1. The fraction of sp³-hybridized carbons (Fsp3) is 0.375. The van der Waals surface area contributed by atoms with E-state index in [1.807, 2.05) is 46.8 Å². The summed E-state index contributed by atoms with van der Waals surface area (Å²) in [6, 6.07) is 9.65. The highest BCUT2D eigenvalue weighted by Gasteiger charge is 2.20. The minimum atomic E-state index is 0.0777. The summed E-state index contributed by atoms with van der Waals surface area (Å²) in [7, 11) is 1.83. The lowest BCUT2D eigenvalue weighted by Crippen LogP contribution is -2.31. The van der Waals surface area contributed by atoms with Crippen LogP contribution in [0.4, 0.5) is 5.69 Å². The summed E-state index contributed by atoms with van der Waals surface area (Å²) >= 11 is 0. The van der Waals surface area contributed by atoms with Gasteiger partial charge in [-0.25, -0.2) is 4.98 Å². The maximum absolute atomic E-state index is 13.0. The largest absolute Gasteiger partial charge is 0.388 e. The Morgan fingerprint density at radius 2 is 1.90 bits per heavy atom. The number of rotatable bonds is 5. The van der Waals surface area contributed by atoms with Gasteiger partial charge in [-0.15, -0.1) is 0 Å². The lowest BCUT2D eigenvalue weighted by molar-refractivity contribution is 0.0761. The van der Waals surface area contributed by atoms with Crippen LogP contribution in [0, 0.1) is 5.41 Å². The average molecular weight is 404 g/mol. The lowest BCUT2D eigenvalue weighted by Gasteiger charge is -2.21. The lowest BCUT2D eigenvalue weighted by atomic mass is 10.0. The highest BCUT2D eigenvalue weighted by Crippen LogP contribution is 2.23. The molecule has 0 radical (unpaired) electrons. The molecule has 0 spiro atoms. The topological polar surface area (TPSA) is 73.5 Å². The zero-order valence-corrected chi connectivity index (χ0v) is 17.7. The minimum absolute atomic E-state index is 0.0777. The Labute approximate surface area is 177 Å².